The van der Waals surface area contributed by atoms with Gasteiger partial charge in [0.25, 0.3) is 0 Å². The van der Waals surface area contributed by atoms with E-state index >= 15 is 0 Å². The number of nitrogens with zero attached hydrogens (tertiary/aromatic N) is 7. The van der Waals surface area contributed by atoms with Crippen molar-refractivity contribution < 1.29 is 4.52 Å². The predicted octanol–water partition coefficient (Wildman–Crippen LogP) is 3.46. The number of aromatic nitrogens is 5. The highest BCUT2D eigenvalue weighted by molar-refractivity contribution is 5.61. The van der Waals surface area contributed by atoms with E-state index in [-0.39, 0.29) is 0 Å². The van der Waals surface area contributed by atoms with Crippen LogP contribution < -0.4 is 4.90 Å². The van der Waals surface area contributed by atoms with Crippen molar-refractivity contribution in [1.29, 1.82) is 0 Å². The molecule has 0 bridgehead atoms. The standard InChI is InChI=1S/C23H31N7O/c1-16-11-21(31-27-16)20-12-24-23(30-9-4-5-10-30)25-22(20)18-7-6-8-29(14-18)15-19-13-28(3)26-17(19)2/h11-13,18H,4-10,14-15H2,1-3H3/t18-/m1/s1. The highest BCUT2D eigenvalue weighted by Gasteiger charge is 2.28. The molecule has 31 heavy (non-hydrogen) atoms. The van der Waals surface area contributed by atoms with E-state index in [4.69, 9.17) is 14.5 Å². The van der Waals surface area contributed by atoms with E-state index in [1.54, 1.807) is 0 Å². The number of likely N-dealkylation sites (tertiary alicyclic amines) is 1. The summed E-state index contributed by atoms with van der Waals surface area (Å²) >= 11 is 0. The van der Waals surface area contributed by atoms with E-state index in [1.165, 1.54) is 18.4 Å². The van der Waals surface area contributed by atoms with E-state index in [0.29, 0.717) is 5.92 Å². The summed E-state index contributed by atoms with van der Waals surface area (Å²) in [5, 5.41) is 8.61. The average Bonchev–Trinajstić information content (AvgIpc) is 3.50. The first-order chi connectivity index (χ1) is 15.1. The van der Waals surface area contributed by atoms with Crippen molar-refractivity contribution in [2.45, 2.75) is 52.0 Å². The number of aryl methyl sites for hydroxylation is 3. The molecule has 0 aliphatic carbocycles. The monoisotopic (exact) mass is 421 g/mol. The largest absolute Gasteiger partial charge is 0.356 e. The fourth-order valence-electron chi connectivity index (χ4n) is 4.91. The van der Waals surface area contributed by atoms with Crippen molar-refractivity contribution in [2.75, 3.05) is 31.1 Å². The summed E-state index contributed by atoms with van der Waals surface area (Å²) in [5.41, 5.74) is 5.37. The molecule has 5 rings (SSSR count). The van der Waals surface area contributed by atoms with Crippen molar-refractivity contribution in [3.63, 3.8) is 0 Å². The lowest BCUT2D eigenvalue weighted by molar-refractivity contribution is 0.198. The molecule has 2 aliphatic rings. The number of rotatable bonds is 5. The Kier molecular flexibility index (Phi) is 5.48. The van der Waals surface area contributed by atoms with Crippen LogP contribution in [0.25, 0.3) is 11.3 Å². The van der Waals surface area contributed by atoms with Crippen LogP contribution in [0.1, 0.15) is 54.2 Å². The van der Waals surface area contributed by atoms with E-state index in [0.717, 1.165) is 79.9 Å². The van der Waals surface area contributed by atoms with Crippen LogP contribution in [0.5, 0.6) is 0 Å². The fourth-order valence-corrected chi connectivity index (χ4v) is 4.91. The lowest BCUT2D eigenvalue weighted by Crippen LogP contribution is -2.34. The zero-order chi connectivity index (χ0) is 21.4. The third-order valence-corrected chi connectivity index (χ3v) is 6.49. The first-order valence-corrected chi connectivity index (χ1v) is 11.3. The van der Waals surface area contributed by atoms with E-state index in [1.807, 2.05) is 30.9 Å². The van der Waals surface area contributed by atoms with Crippen LogP contribution in [-0.4, -0.2) is 56.0 Å². The van der Waals surface area contributed by atoms with Gasteiger partial charge in [0.1, 0.15) is 0 Å². The second kappa shape index (κ2) is 8.42. The molecule has 8 heteroatoms. The lowest BCUT2D eigenvalue weighted by Gasteiger charge is -2.33. The van der Waals surface area contributed by atoms with Crippen LogP contribution in [0.4, 0.5) is 5.95 Å². The summed E-state index contributed by atoms with van der Waals surface area (Å²) in [7, 11) is 1.99. The maximum Gasteiger partial charge on any atom is 0.225 e. The topological polar surface area (TPSA) is 76.1 Å². The van der Waals surface area contributed by atoms with Crippen LogP contribution in [0.15, 0.2) is 23.0 Å². The first-order valence-electron chi connectivity index (χ1n) is 11.3. The summed E-state index contributed by atoms with van der Waals surface area (Å²) in [6.45, 7) is 9.13. The van der Waals surface area contributed by atoms with Gasteiger partial charge in [-0.1, -0.05) is 5.16 Å². The molecule has 0 spiro atoms. The molecule has 0 aromatic carbocycles. The molecular formula is C23H31N7O. The van der Waals surface area contributed by atoms with Crippen LogP contribution >= 0.6 is 0 Å². The SMILES string of the molecule is Cc1cc(-c2cnc(N3CCCC3)nc2[C@@H]2CCCN(Cc3cn(C)nc3C)C2)on1. The summed E-state index contributed by atoms with van der Waals surface area (Å²) < 4.78 is 7.53. The third kappa shape index (κ3) is 4.21. The van der Waals surface area contributed by atoms with Crippen molar-refractivity contribution in [3.05, 3.63) is 41.1 Å². The van der Waals surface area contributed by atoms with Gasteiger partial charge in [0.15, 0.2) is 5.76 Å². The number of hydrogen-bond donors (Lipinski definition) is 0. The zero-order valence-electron chi connectivity index (χ0n) is 18.7. The van der Waals surface area contributed by atoms with E-state index < -0.39 is 0 Å². The smallest absolute Gasteiger partial charge is 0.225 e. The van der Waals surface area contributed by atoms with Gasteiger partial charge in [0.2, 0.25) is 5.95 Å². The Bertz CT molecular complexity index is 1050. The molecule has 2 saturated heterocycles. The first kappa shape index (κ1) is 20.2. The molecule has 164 valence electrons. The Hall–Kier alpha value is -2.74. The van der Waals surface area contributed by atoms with Crippen molar-refractivity contribution >= 4 is 5.95 Å². The van der Waals surface area contributed by atoms with Gasteiger partial charge in [-0.25, -0.2) is 9.97 Å². The minimum absolute atomic E-state index is 0.343. The second-order valence-corrected chi connectivity index (χ2v) is 8.98. The molecule has 0 radical (unpaired) electrons. The predicted molar refractivity (Wildman–Crippen MR) is 119 cm³/mol. The van der Waals surface area contributed by atoms with Crippen molar-refractivity contribution in [2.24, 2.45) is 7.05 Å². The molecule has 0 saturated carbocycles. The molecule has 3 aromatic rings. The van der Waals surface area contributed by atoms with E-state index in [2.05, 4.69) is 33.2 Å². The zero-order valence-corrected chi connectivity index (χ0v) is 18.7. The third-order valence-electron chi connectivity index (χ3n) is 6.49. The molecule has 2 fully saturated rings. The molecule has 2 aliphatic heterocycles. The van der Waals surface area contributed by atoms with Crippen molar-refractivity contribution in [3.8, 4) is 11.3 Å². The second-order valence-electron chi connectivity index (χ2n) is 8.98. The highest BCUT2D eigenvalue weighted by Crippen LogP contribution is 2.35. The van der Waals surface area contributed by atoms with Gasteiger partial charge in [0, 0.05) is 63.2 Å². The quantitative estimate of drug-likeness (QED) is 0.624. The summed E-state index contributed by atoms with van der Waals surface area (Å²) in [6.07, 6.45) is 8.78. The summed E-state index contributed by atoms with van der Waals surface area (Å²) in [4.78, 5) is 14.7. The Labute approximate surface area is 183 Å². The summed E-state index contributed by atoms with van der Waals surface area (Å²) in [6, 6.07) is 1.98. The Balaban J connectivity index is 1.44. The Morgan fingerprint density at radius 3 is 2.68 bits per heavy atom. The number of piperidine rings is 1. The maximum atomic E-state index is 5.62. The van der Waals surface area contributed by atoms with Gasteiger partial charge in [0.05, 0.1) is 22.6 Å². The van der Waals surface area contributed by atoms with Crippen LogP contribution in [0.2, 0.25) is 0 Å². The molecule has 0 N–H and O–H groups in total. The molecule has 8 nitrogen and oxygen atoms in total. The molecule has 0 amide bonds. The van der Waals surface area contributed by atoms with Gasteiger partial charge in [-0.05, 0) is 46.1 Å². The molecule has 3 aromatic heterocycles. The fraction of sp³-hybridized carbons (Fsp3) is 0.565. The van der Waals surface area contributed by atoms with Gasteiger partial charge in [-0.2, -0.15) is 5.10 Å². The van der Waals surface area contributed by atoms with Crippen LogP contribution in [-0.2, 0) is 13.6 Å². The lowest BCUT2D eigenvalue weighted by atomic mass is 9.91. The van der Waals surface area contributed by atoms with E-state index in [9.17, 15) is 0 Å². The van der Waals surface area contributed by atoms with Gasteiger partial charge >= 0.3 is 0 Å². The molecule has 5 heterocycles. The van der Waals surface area contributed by atoms with Gasteiger partial charge in [-0.3, -0.25) is 9.58 Å². The average molecular weight is 422 g/mol. The number of hydrogen-bond acceptors (Lipinski definition) is 7. The molecule has 1 atom stereocenters. The molecule has 0 unspecified atom stereocenters. The van der Waals surface area contributed by atoms with Crippen LogP contribution in [0.3, 0.4) is 0 Å². The molecular weight excluding hydrogens is 390 g/mol. The Morgan fingerprint density at radius 2 is 1.97 bits per heavy atom. The van der Waals surface area contributed by atoms with Crippen LogP contribution in [0, 0.1) is 13.8 Å². The Morgan fingerprint density at radius 1 is 1.13 bits per heavy atom. The van der Waals surface area contributed by atoms with Gasteiger partial charge in [-0.15, -0.1) is 0 Å². The normalized spacial score (nSPS) is 20.0. The van der Waals surface area contributed by atoms with Crippen molar-refractivity contribution in [1.82, 2.24) is 29.8 Å². The maximum absolute atomic E-state index is 5.62. The number of anilines is 1. The minimum atomic E-state index is 0.343. The van der Waals surface area contributed by atoms with Gasteiger partial charge < -0.3 is 9.42 Å². The highest BCUT2D eigenvalue weighted by atomic mass is 16.5. The minimum Gasteiger partial charge on any atom is -0.356 e. The summed E-state index contributed by atoms with van der Waals surface area (Å²) in [5.74, 6) is 1.96.